The van der Waals surface area contributed by atoms with Gasteiger partial charge in [0, 0.05) is 32.1 Å². The molecule has 3 aliphatic carbocycles. The molecule has 1 aromatic carbocycles. The van der Waals surface area contributed by atoms with E-state index in [0.717, 1.165) is 13.8 Å². The molecule has 5 rings (SSSR count). The zero-order valence-electron chi connectivity index (χ0n) is 35.7. The third kappa shape index (κ3) is 8.20. The largest absolute Gasteiger partial charge is 0.456 e. The monoisotopic (exact) mass is 845 g/mol. The molecule has 0 spiro atoms. The molecule has 0 radical (unpaired) electrons. The fourth-order valence-corrected chi connectivity index (χ4v) is 10.0. The number of rotatable bonds is 11. The van der Waals surface area contributed by atoms with Gasteiger partial charge in [0.1, 0.15) is 23.9 Å². The third-order valence-corrected chi connectivity index (χ3v) is 13.7. The van der Waals surface area contributed by atoms with Crippen LogP contribution in [0.2, 0.25) is 19.6 Å². The van der Waals surface area contributed by atoms with Crippen molar-refractivity contribution in [3.8, 4) is 0 Å². The van der Waals surface area contributed by atoms with E-state index in [0.29, 0.717) is 0 Å². The Morgan fingerprint density at radius 1 is 0.983 bits per heavy atom. The lowest BCUT2D eigenvalue weighted by Gasteiger charge is -2.67. The van der Waals surface area contributed by atoms with E-state index in [-0.39, 0.29) is 36.0 Å². The number of aliphatic hydroxyl groups is 3. The highest BCUT2D eigenvalue weighted by atomic mass is 28.3. The quantitative estimate of drug-likeness (QED) is 0.109. The molecule has 11 atom stereocenters. The summed E-state index contributed by atoms with van der Waals surface area (Å²) in [6.45, 7) is 17.3. The number of hydrogen-bond acceptors (Lipinski definition) is 15. The molecule has 1 saturated heterocycles. The first kappa shape index (κ1) is 45.9. The summed E-state index contributed by atoms with van der Waals surface area (Å²) < 4.78 is 35.4. The van der Waals surface area contributed by atoms with Gasteiger partial charge in [0.15, 0.2) is 23.6 Å². The Bertz CT molecular complexity index is 1880. The fraction of sp³-hybridized carbons (Fsp3) is 0.667. The number of ketones is 1. The molecule has 4 aliphatic rings. The van der Waals surface area contributed by atoms with Gasteiger partial charge in [0.2, 0.25) is 0 Å². The molecule has 1 aromatic rings. The minimum atomic E-state index is -2.37. The van der Waals surface area contributed by atoms with Crippen LogP contribution in [-0.2, 0) is 47.6 Å². The van der Waals surface area contributed by atoms with Gasteiger partial charge in [-0.3, -0.25) is 14.4 Å². The Kier molecular flexibility index (Phi) is 12.7. The first-order chi connectivity index (χ1) is 27.2. The number of benzene rings is 1. The van der Waals surface area contributed by atoms with Crippen LogP contribution < -0.4 is 5.32 Å². The molecule has 1 aliphatic heterocycles. The smallest absolute Gasteiger partial charge is 0.407 e. The second-order valence-corrected chi connectivity index (χ2v) is 24.1. The van der Waals surface area contributed by atoms with Crippen LogP contribution in [0.25, 0.3) is 0 Å². The summed E-state index contributed by atoms with van der Waals surface area (Å²) in [5, 5.41) is 39.6. The summed E-state index contributed by atoms with van der Waals surface area (Å²) in [4.78, 5) is 82.2. The number of aliphatic hydroxyl groups excluding tert-OH is 2. The van der Waals surface area contributed by atoms with E-state index in [2.05, 4.69) is 5.32 Å². The van der Waals surface area contributed by atoms with Gasteiger partial charge in [-0.15, -0.1) is 0 Å². The maximum absolute atomic E-state index is 15.4. The van der Waals surface area contributed by atoms with Crippen LogP contribution in [-0.4, -0.2) is 126 Å². The second-order valence-electron chi connectivity index (χ2n) is 18.7. The van der Waals surface area contributed by atoms with Gasteiger partial charge >= 0.3 is 30.0 Å². The highest BCUT2D eigenvalue weighted by molar-refractivity contribution is 6.76. The van der Waals surface area contributed by atoms with Crippen LogP contribution in [0.15, 0.2) is 41.5 Å². The van der Waals surface area contributed by atoms with Gasteiger partial charge < -0.3 is 49.1 Å². The summed E-state index contributed by atoms with van der Waals surface area (Å²) >= 11 is 0. The SMILES string of the molecule is CC(=O)O[C@H]1C(=O)[C@@]2(C)[C@H]([C@H](OC(=O)c3ccccc3)[C@]3(O)C[C@H](OC(=O)[C@H](O)[C@@H](NC(=O)OC[Si](C)(C)C)C(C)C)C(C)=C1C3(C)C)[C@]1(OC(C)=O)CO[C@@H]1C[C@@H]2O. The Hall–Kier alpha value is -4.16. The number of hydrogen-bond donors (Lipinski definition) is 4. The highest BCUT2D eigenvalue weighted by Gasteiger charge is 2.78. The Balaban J connectivity index is 1.70. The molecule has 0 aromatic heterocycles. The number of esters is 4. The van der Waals surface area contributed by atoms with Crippen molar-refractivity contribution in [2.24, 2.45) is 22.7 Å². The van der Waals surface area contributed by atoms with Crippen molar-refractivity contribution in [3.63, 3.8) is 0 Å². The fourth-order valence-electron chi connectivity index (χ4n) is 9.44. The molecule has 4 N–H and O–H groups in total. The molecule has 2 saturated carbocycles. The third-order valence-electron chi connectivity index (χ3n) is 12.7. The van der Waals surface area contributed by atoms with Crippen molar-refractivity contribution < 1.29 is 72.5 Å². The van der Waals surface area contributed by atoms with Crippen molar-refractivity contribution in [1.82, 2.24) is 5.32 Å². The van der Waals surface area contributed by atoms with E-state index in [9.17, 15) is 39.3 Å². The van der Waals surface area contributed by atoms with Gasteiger partial charge in [0.05, 0.1) is 50.0 Å². The minimum Gasteiger partial charge on any atom is -0.456 e. The topological polar surface area (TPSA) is 231 Å². The van der Waals surface area contributed by atoms with Crippen LogP contribution in [0.4, 0.5) is 4.79 Å². The van der Waals surface area contributed by atoms with E-state index in [4.69, 9.17) is 28.4 Å². The molecule has 17 heteroatoms. The summed E-state index contributed by atoms with van der Waals surface area (Å²) in [6, 6.07) is 6.66. The highest BCUT2D eigenvalue weighted by Crippen LogP contribution is 2.64. The molecule has 2 bridgehead atoms. The number of ether oxygens (including phenoxy) is 6. The average Bonchev–Trinajstić information content (AvgIpc) is 3.13. The molecular formula is C42H59NO15Si. The van der Waals surface area contributed by atoms with Crippen molar-refractivity contribution in [2.45, 2.75) is 142 Å². The number of carbonyl (C=O) groups excluding carboxylic acids is 6. The van der Waals surface area contributed by atoms with Crippen molar-refractivity contribution in [2.75, 3.05) is 12.8 Å². The van der Waals surface area contributed by atoms with Gasteiger partial charge in [-0.1, -0.05) is 65.5 Å². The van der Waals surface area contributed by atoms with Crippen LogP contribution in [0.5, 0.6) is 0 Å². The zero-order valence-corrected chi connectivity index (χ0v) is 36.7. The lowest BCUT2D eigenvalue weighted by Crippen LogP contribution is -2.82. The lowest BCUT2D eigenvalue weighted by molar-refractivity contribution is -0.346. The van der Waals surface area contributed by atoms with Crippen LogP contribution in [0.3, 0.4) is 0 Å². The van der Waals surface area contributed by atoms with Gasteiger partial charge in [-0.05, 0) is 43.0 Å². The number of Topliss-reactive ketones (excluding diaryl/α,β-unsaturated/α-hetero) is 1. The molecular weight excluding hydrogens is 787 g/mol. The van der Waals surface area contributed by atoms with E-state index in [1.807, 2.05) is 19.6 Å². The standard InChI is InChI=1S/C42H59NO15Si/c1-21(2)30(43-38(51)54-20-59(9,10)11)31(47)37(50)56-26-18-42(52)35(57-36(49)25-15-13-12-14-16-25)33-40(8,27(46)17-28-41(33,19-53-28)58-24(5)45)34(48)32(55-23(4)44)29(22(26)3)39(42,6)7/h12-16,21,26-28,30-33,35,46-47,52H,17-20H2,1-11H3,(H,43,51)/t26-,27-,28+,30-,31+,32+,33-,35-,40+,41-,42+/m0/s1. The number of fused-ring (bicyclic) bond motifs is 5. The molecule has 326 valence electrons. The lowest BCUT2D eigenvalue weighted by atomic mass is 9.44. The Labute approximate surface area is 345 Å². The van der Waals surface area contributed by atoms with Crippen molar-refractivity contribution in [1.29, 1.82) is 0 Å². The van der Waals surface area contributed by atoms with Crippen molar-refractivity contribution in [3.05, 3.63) is 47.0 Å². The number of nitrogens with one attached hydrogen (secondary N) is 1. The molecule has 3 fully saturated rings. The van der Waals surface area contributed by atoms with Crippen molar-refractivity contribution >= 4 is 43.8 Å². The average molecular weight is 846 g/mol. The van der Waals surface area contributed by atoms with Gasteiger partial charge in [-0.25, -0.2) is 14.4 Å². The summed E-state index contributed by atoms with van der Waals surface area (Å²) in [7, 11) is -1.81. The van der Waals surface area contributed by atoms with Crippen LogP contribution in [0, 0.1) is 22.7 Å². The normalized spacial score (nSPS) is 33.4. The summed E-state index contributed by atoms with van der Waals surface area (Å²) in [5.74, 6) is -6.68. The Morgan fingerprint density at radius 3 is 2.14 bits per heavy atom. The zero-order chi connectivity index (χ0) is 44.2. The first-order valence-corrected chi connectivity index (χ1v) is 23.7. The maximum Gasteiger partial charge on any atom is 0.407 e. The summed E-state index contributed by atoms with van der Waals surface area (Å²) in [6.07, 6.45) is -11.0. The first-order valence-electron chi connectivity index (χ1n) is 19.9. The molecule has 0 unspecified atom stereocenters. The summed E-state index contributed by atoms with van der Waals surface area (Å²) in [5.41, 5.74) is -7.54. The number of amides is 1. The molecule has 59 heavy (non-hydrogen) atoms. The minimum absolute atomic E-state index is 0.00773. The predicted molar refractivity (Wildman–Crippen MR) is 211 cm³/mol. The van der Waals surface area contributed by atoms with E-state index >= 15 is 4.79 Å². The second kappa shape index (κ2) is 16.4. The molecule has 1 heterocycles. The van der Waals surface area contributed by atoms with E-state index in [1.165, 1.54) is 26.0 Å². The number of carbonyl (C=O) groups is 6. The van der Waals surface area contributed by atoms with Crippen LogP contribution >= 0.6 is 0 Å². The van der Waals surface area contributed by atoms with E-state index in [1.54, 1.807) is 45.9 Å². The molecule has 16 nitrogen and oxygen atoms in total. The predicted octanol–water partition coefficient (Wildman–Crippen LogP) is 3.19. The van der Waals surface area contributed by atoms with E-state index < -0.39 is 127 Å². The van der Waals surface area contributed by atoms with Gasteiger partial charge in [0.25, 0.3) is 0 Å². The maximum atomic E-state index is 15.4. The van der Waals surface area contributed by atoms with Crippen LogP contribution in [0.1, 0.15) is 78.6 Å². The molecule has 1 amide bonds. The number of alkyl carbamates (subject to hydrolysis) is 1. The Morgan fingerprint density at radius 2 is 1.61 bits per heavy atom. The van der Waals surface area contributed by atoms with Gasteiger partial charge in [-0.2, -0.15) is 0 Å².